The molecule has 1 aromatic heterocycles. The van der Waals surface area contributed by atoms with E-state index in [2.05, 4.69) is 16.0 Å². The van der Waals surface area contributed by atoms with Gasteiger partial charge in [0.25, 0.3) is 5.91 Å². The first-order valence-electron chi connectivity index (χ1n) is 9.13. The van der Waals surface area contributed by atoms with Gasteiger partial charge in [-0.25, -0.2) is 4.79 Å². The third kappa shape index (κ3) is 6.02. The fourth-order valence-corrected chi connectivity index (χ4v) is 3.49. The van der Waals surface area contributed by atoms with Crippen molar-refractivity contribution in [1.82, 2.24) is 5.32 Å². The predicted octanol–water partition coefficient (Wildman–Crippen LogP) is 4.78. The van der Waals surface area contributed by atoms with Gasteiger partial charge in [0.05, 0.1) is 9.88 Å². The Labute approximate surface area is 173 Å². The number of ketones is 1. The first-order valence-corrected chi connectivity index (χ1v) is 9.95. The Morgan fingerprint density at radius 2 is 1.52 bits per heavy atom. The van der Waals surface area contributed by atoms with Crippen molar-refractivity contribution >= 4 is 39.7 Å². The lowest BCUT2D eigenvalue weighted by Gasteiger charge is -2.12. The number of hydrogen-bond donors (Lipinski definition) is 3. The lowest BCUT2D eigenvalue weighted by molar-refractivity contribution is 0.0921. The van der Waals surface area contributed by atoms with Crippen LogP contribution in [0.1, 0.15) is 33.4 Å². The van der Waals surface area contributed by atoms with E-state index in [-0.39, 0.29) is 30.2 Å². The van der Waals surface area contributed by atoms with Crippen molar-refractivity contribution in [2.75, 3.05) is 10.6 Å². The van der Waals surface area contributed by atoms with Crippen LogP contribution >= 0.6 is 11.3 Å². The van der Waals surface area contributed by atoms with Gasteiger partial charge in [0.2, 0.25) is 0 Å². The highest BCUT2D eigenvalue weighted by Gasteiger charge is 2.16. The summed E-state index contributed by atoms with van der Waals surface area (Å²) in [5.41, 5.74) is 1.30. The molecule has 0 aliphatic heterocycles. The van der Waals surface area contributed by atoms with E-state index in [0.717, 1.165) is 0 Å². The molecule has 1 heterocycles. The van der Waals surface area contributed by atoms with Gasteiger partial charge in [-0.05, 0) is 31.2 Å². The summed E-state index contributed by atoms with van der Waals surface area (Å²) >= 11 is 1.17. The SMILES string of the molecule is C[C@H](CC(=O)c1ccccc1)NC(=O)c1ccc(NC(=O)Nc2ccccc2)s1. The second kappa shape index (κ2) is 9.66. The molecule has 0 unspecified atom stereocenters. The van der Waals surface area contributed by atoms with E-state index in [1.807, 2.05) is 36.4 Å². The molecule has 1 atom stereocenters. The molecule has 29 heavy (non-hydrogen) atoms. The van der Waals surface area contributed by atoms with Crippen LogP contribution in [0.3, 0.4) is 0 Å². The minimum absolute atomic E-state index is 0.0236. The number of carbonyl (C=O) groups is 3. The number of nitrogens with one attached hydrogen (secondary N) is 3. The van der Waals surface area contributed by atoms with Gasteiger partial charge in [-0.3, -0.25) is 14.9 Å². The fraction of sp³-hybridized carbons (Fsp3) is 0.136. The summed E-state index contributed by atoms with van der Waals surface area (Å²) in [7, 11) is 0. The number of benzene rings is 2. The quantitative estimate of drug-likeness (QED) is 0.493. The highest BCUT2D eigenvalue weighted by molar-refractivity contribution is 7.18. The van der Waals surface area contributed by atoms with Gasteiger partial charge in [-0.1, -0.05) is 48.5 Å². The van der Waals surface area contributed by atoms with E-state index in [0.29, 0.717) is 21.1 Å². The molecule has 0 spiro atoms. The molecule has 3 N–H and O–H groups in total. The first kappa shape index (κ1) is 20.3. The van der Waals surface area contributed by atoms with Crippen LogP contribution in [0.25, 0.3) is 0 Å². The number of para-hydroxylation sites is 1. The number of rotatable bonds is 7. The molecule has 7 heteroatoms. The maximum absolute atomic E-state index is 12.4. The molecule has 3 amide bonds. The van der Waals surface area contributed by atoms with Crippen LogP contribution in [0.4, 0.5) is 15.5 Å². The Hall–Kier alpha value is -3.45. The van der Waals surface area contributed by atoms with Gasteiger partial charge in [0.15, 0.2) is 5.78 Å². The molecular formula is C22H21N3O3S. The van der Waals surface area contributed by atoms with Gasteiger partial charge in [0.1, 0.15) is 0 Å². The van der Waals surface area contributed by atoms with E-state index in [9.17, 15) is 14.4 Å². The summed E-state index contributed by atoms with van der Waals surface area (Å²) in [6.45, 7) is 1.79. The maximum Gasteiger partial charge on any atom is 0.324 e. The van der Waals surface area contributed by atoms with Gasteiger partial charge in [0, 0.05) is 23.7 Å². The Morgan fingerprint density at radius 1 is 0.862 bits per heavy atom. The normalized spacial score (nSPS) is 11.3. The number of urea groups is 1. The largest absolute Gasteiger partial charge is 0.348 e. The van der Waals surface area contributed by atoms with E-state index < -0.39 is 0 Å². The summed E-state index contributed by atoms with van der Waals surface area (Å²) in [4.78, 5) is 37.2. The van der Waals surface area contributed by atoms with Crippen molar-refractivity contribution < 1.29 is 14.4 Å². The Kier molecular flexibility index (Phi) is 6.76. The molecule has 0 radical (unpaired) electrons. The fourth-order valence-electron chi connectivity index (χ4n) is 2.69. The second-order valence-corrected chi connectivity index (χ2v) is 7.56. The standard InChI is InChI=1S/C22H21N3O3S/c1-15(14-18(26)16-8-4-2-5-9-16)23-21(27)19-12-13-20(29-19)25-22(28)24-17-10-6-3-7-11-17/h2-13,15H,14H2,1H3,(H,23,27)(H2,24,25,28)/t15-/m1/s1. The van der Waals surface area contributed by atoms with Crippen LogP contribution in [-0.2, 0) is 0 Å². The molecule has 148 valence electrons. The zero-order chi connectivity index (χ0) is 20.6. The van der Waals surface area contributed by atoms with Crippen molar-refractivity contribution in [3.8, 4) is 0 Å². The molecule has 3 rings (SSSR count). The molecular weight excluding hydrogens is 386 g/mol. The molecule has 0 aliphatic rings. The number of thiophene rings is 1. The van der Waals surface area contributed by atoms with E-state index in [1.165, 1.54) is 11.3 Å². The van der Waals surface area contributed by atoms with Crippen LogP contribution in [0.5, 0.6) is 0 Å². The molecule has 0 aliphatic carbocycles. The molecule has 3 aromatic rings. The number of Topliss-reactive ketones (excluding diaryl/α,β-unsaturated/α-hetero) is 1. The Morgan fingerprint density at radius 3 is 2.21 bits per heavy atom. The van der Waals surface area contributed by atoms with Crippen LogP contribution < -0.4 is 16.0 Å². The number of amides is 3. The summed E-state index contributed by atoms with van der Waals surface area (Å²) < 4.78 is 0. The number of anilines is 2. The first-order chi connectivity index (χ1) is 14.0. The maximum atomic E-state index is 12.4. The average molecular weight is 407 g/mol. The lowest BCUT2D eigenvalue weighted by Crippen LogP contribution is -2.33. The highest BCUT2D eigenvalue weighted by Crippen LogP contribution is 2.22. The second-order valence-electron chi connectivity index (χ2n) is 6.48. The van der Waals surface area contributed by atoms with Crippen molar-refractivity contribution in [1.29, 1.82) is 0 Å². The molecule has 0 saturated heterocycles. The zero-order valence-corrected chi connectivity index (χ0v) is 16.7. The van der Waals surface area contributed by atoms with Crippen LogP contribution in [0, 0.1) is 0 Å². The van der Waals surface area contributed by atoms with E-state index in [4.69, 9.17) is 0 Å². The average Bonchev–Trinajstić information content (AvgIpc) is 3.17. The molecule has 0 bridgehead atoms. The van der Waals surface area contributed by atoms with Crippen molar-refractivity contribution in [3.05, 3.63) is 83.2 Å². The topological polar surface area (TPSA) is 87.3 Å². The third-order valence-corrected chi connectivity index (χ3v) is 5.06. The highest BCUT2D eigenvalue weighted by atomic mass is 32.1. The van der Waals surface area contributed by atoms with Crippen LogP contribution in [0.15, 0.2) is 72.8 Å². The van der Waals surface area contributed by atoms with Crippen LogP contribution in [0.2, 0.25) is 0 Å². The van der Waals surface area contributed by atoms with Gasteiger partial charge >= 0.3 is 6.03 Å². The summed E-state index contributed by atoms with van der Waals surface area (Å²) in [6, 6.07) is 20.7. The predicted molar refractivity (Wildman–Crippen MR) is 116 cm³/mol. The zero-order valence-electron chi connectivity index (χ0n) is 15.8. The van der Waals surface area contributed by atoms with Crippen molar-refractivity contribution in [2.45, 2.75) is 19.4 Å². The molecule has 6 nitrogen and oxygen atoms in total. The summed E-state index contributed by atoms with van der Waals surface area (Å²) in [6.07, 6.45) is 0.214. The van der Waals surface area contributed by atoms with Crippen molar-refractivity contribution in [2.24, 2.45) is 0 Å². The van der Waals surface area contributed by atoms with E-state index >= 15 is 0 Å². The summed E-state index contributed by atoms with van der Waals surface area (Å²) in [5, 5.41) is 8.80. The monoisotopic (exact) mass is 407 g/mol. The van der Waals surface area contributed by atoms with Crippen molar-refractivity contribution in [3.63, 3.8) is 0 Å². The number of carbonyl (C=O) groups excluding carboxylic acids is 3. The summed E-state index contributed by atoms with van der Waals surface area (Å²) in [5.74, 6) is -0.301. The molecule has 0 saturated carbocycles. The molecule has 2 aromatic carbocycles. The molecule has 0 fully saturated rings. The van der Waals surface area contributed by atoms with Gasteiger partial charge in [-0.2, -0.15) is 0 Å². The van der Waals surface area contributed by atoms with E-state index in [1.54, 1.807) is 43.3 Å². The minimum atomic E-state index is -0.383. The number of hydrogen-bond acceptors (Lipinski definition) is 4. The van der Waals surface area contributed by atoms with Gasteiger partial charge in [-0.15, -0.1) is 11.3 Å². The van der Waals surface area contributed by atoms with Crippen LogP contribution in [-0.4, -0.2) is 23.8 Å². The lowest BCUT2D eigenvalue weighted by atomic mass is 10.0. The van der Waals surface area contributed by atoms with Gasteiger partial charge < -0.3 is 10.6 Å². The Balaban J connectivity index is 1.51. The smallest absolute Gasteiger partial charge is 0.324 e. The third-order valence-electron chi connectivity index (χ3n) is 4.06. The Bertz CT molecular complexity index is 987. The minimum Gasteiger partial charge on any atom is -0.348 e.